The Bertz CT molecular complexity index is 816. The summed E-state index contributed by atoms with van der Waals surface area (Å²) in [6.45, 7) is 1.41. The van der Waals surface area contributed by atoms with Crippen molar-refractivity contribution in [2.75, 3.05) is 18.0 Å². The molecule has 0 bridgehead atoms. The molecule has 7 nitrogen and oxygen atoms in total. The third-order valence-electron chi connectivity index (χ3n) is 4.95. The average molecular weight is 345 g/mol. The van der Waals surface area contributed by atoms with Crippen molar-refractivity contribution in [1.82, 2.24) is 10.2 Å². The molecule has 2 fully saturated rings. The number of fused-ring (bicyclic) bond motifs is 1. The minimum Gasteiger partial charge on any atom is -0.369 e. The summed E-state index contributed by atoms with van der Waals surface area (Å²) in [5.41, 5.74) is 0.385. The van der Waals surface area contributed by atoms with E-state index in [-0.39, 0.29) is 24.0 Å². The van der Waals surface area contributed by atoms with Crippen LogP contribution in [0.15, 0.2) is 12.1 Å². The number of anilines is 1. The fourth-order valence-electron chi connectivity index (χ4n) is 3.68. The van der Waals surface area contributed by atoms with Crippen LogP contribution >= 0.6 is 0 Å². The van der Waals surface area contributed by atoms with Gasteiger partial charge in [0.2, 0.25) is 11.8 Å². The maximum absolute atomic E-state index is 14.4. The van der Waals surface area contributed by atoms with E-state index in [4.69, 9.17) is 0 Å². The Morgan fingerprint density at radius 3 is 2.28 bits per heavy atom. The minimum atomic E-state index is -1.04. The zero-order valence-corrected chi connectivity index (χ0v) is 13.4. The SMILES string of the molecule is O=C1CCC(N2C(=O)c3cc(F)c(N4CCCC4)cc3C2=O)C(=O)N1. The van der Waals surface area contributed by atoms with E-state index in [2.05, 4.69) is 5.32 Å². The van der Waals surface area contributed by atoms with Crippen molar-refractivity contribution < 1.29 is 23.6 Å². The first-order valence-electron chi connectivity index (χ1n) is 8.27. The monoisotopic (exact) mass is 345 g/mol. The van der Waals surface area contributed by atoms with E-state index < -0.39 is 35.5 Å². The molecular formula is C17H16FN3O4. The van der Waals surface area contributed by atoms with Gasteiger partial charge in [0.1, 0.15) is 11.9 Å². The lowest BCUT2D eigenvalue weighted by atomic mass is 10.0. The highest BCUT2D eigenvalue weighted by Crippen LogP contribution is 2.33. The molecule has 8 heteroatoms. The second-order valence-corrected chi connectivity index (χ2v) is 6.49. The topological polar surface area (TPSA) is 86.8 Å². The van der Waals surface area contributed by atoms with Crippen molar-refractivity contribution in [3.8, 4) is 0 Å². The second-order valence-electron chi connectivity index (χ2n) is 6.49. The quantitative estimate of drug-likeness (QED) is 0.802. The average Bonchev–Trinajstić information content (AvgIpc) is 3.17. The number of piperidine rings is 1. The number of nitrogens with zero attached hydrogens (tertiary/aromatic N) is 2. The van der Waals surface area contributed by atoms with Crippen LogP contribution in [0.5, 0.6) is 0 Å². The van der Waals surface area contributed by atoms with Gasteiger partial charge in [-0.2, -0.15) is 0 Å². The Morgan fingerprint density at radius 2 is 1.64 bits per heavy atom. The van der Waals surface area contributed by atoms with Gasteiger partial charge in [-0.05, 0) is 31.4 Å². The molecule has 0 spiro atoms. The van der Waals surface area contributed by atoms with Crippen LogP contribution in [0.25, 0.3) is 0 Å². The number of hydrogen-bond donors (Lipinski definition) is 1. The molecule has 1 unspecified atom stereocenters. The van der Waals surface area contributed by atoms with Crippen LogP contribution in [-0.2, 0) is 9.59 Å². The number of halogens is 1. The molecular weight excluding hydrogens is 329 g/mol. The molecule has 3 heterocycles. The van der Waals surface area contributed by atoms with E-state index in [1.807, 2.05) is 4.90 Å². The van der Waals surface area contributed by atoms with Crippen LogP contribution < -0.4 is 10.2 Å². The number of rotatable bonds is 2. The van der Waals surface area contributed by atoms with Crippen LogP contribution in [-0.4, -0.2) is 47.7 Å². The molecule has 3 aliphatic heterocycles. The highest BCUT2D eigenvalue weighted by atomic mass is 19.1. The van der Waals surface area contributed by atoms with Crippen molar-refractivity contribution in [1.29, 1.82) is 0 Å². The first-order chi connectivity index (χ1) is 12.0. The lowest BCUT2D eigenvalue weighted by molar-refractivity contribution is -0.136. The zero-order valence-electron chi connectivity index (χ0n) is 13.4. The van der Waals surface area contributed by atoms with Gasteiger partial charge in [0.25, 0.3) is 11.8 Å². The molecule has 0 saturated carbocycles. The third-order valence-corrected chi connectivity index (χ3v) is 4.95. The number of imide groups is 2. The number of nitrogens with one attached hydrogen (secondary N) is 1. The summed E-state index contributed by atoms with van der Waals surface area (Å²) in [6, 6.07) is 1.44. The molecule has 1 N–H and O–H groups in total. The Kier molecular flexibility index (Phi) is 3.55. The summed E-state index contributed by atoms with van der Waals surface area (Å²) in [6.07, 6.45) is 2.03. The maximum Gasteiger partial charge on any atom is 0.262 e. The van der Waals surface area contributed by atoms with Crippen molar-refractivity contribution in [2.45, 2.75) is 31.7 Å². The molecule has 3 aliphatic rings. The third kappa shape index (κ3) is 2.40. The second kappa shape index (κ2) is 5.65. The van der Waals surface area contributed by atoms with Gasteiger partial charge in [-0.25, -0.2) is 4.39 Å². The van der Waals surface area contributed by atoms with E-state index in [0.29, 0.717) is 18.8 Å². The molecule has 25 heavy (non-hydrogen) atoms. The van der Waals surface area contributed by atoms with E-state index in [0.717, 1.165) is 23.8 Å². The Balaban J connectivity index is 1.70. The van der Waals surface area contributed by atoms with Crippen LogP contribution in [0.4, 0.5) is 10.1 Å². The fourth-order valence-corrected chi connectivity index (χ4v) is 3.68. The zero-order chi connectivity index (χ0) is 17.7. The summed E-state index contributed by atoms with van der Waals surface area (Å²) < 4.78 is 14.4. The van der Waals surface area contributed by atoms with Crippen LogP contribution in [0.3, 0.4) is 0 Å². The summed E-state index contributed by atoms with van der Waals surface area (Å²) in [4.78, 5) is 51.3. The van der Waals surface area contributed by atoms with Crippen LogP contribution in [0.2, 0.25) is 0 Å². The van der Waals surface area contributed by atoms with E-state index in [1.165, 1.54) is 6.07 Å². The van der Waals surface area contributed by atoms with Gasteiger partial charge < -0.3 is 4.90 Å². The summed E-state index contributed by atoms with van der Waals surface area (Å²) in [5, 5.41) is 2.14. The highest BCUT2D eigenvalue weighted by molar-refractivity contribution is 6.23. The van der Waals surface area contributed by atoms with Gasteiger partial charge in [-0.1, -0.05) is 0 Å². The Labute approximate surface area is 142 Å². The van der Waals surface area contributed by atoms with Crippen molar-refractivity contribution in [3.63, 3.8) is 0 Å². The standard InChI is InChI=1S/C17H16FN3O4/c18-11-7-9-10(8-13(11)20-5-1-2-6-20)17(25)21(16(9)24)12-3-4-14(22)19-15(12)23/h7-8,12H,1-6H2,(H,19,22,23). The minimum absolute atomic E-state index is 0.0323. The molecule has 2 saturated heterocycles. The van der Waals surface area contributed by atoms with Crippen molar-refractivity contribution >= 4 is 29.3 Å². The Morgan fingerprint density at radius 1 is 1.00 bits per heavy atom. The fraction of sp³-hybridized carbons (Fsp3) is 0.412. The number of hydrogen-bond acceptors (Lipinski definition) is 5. The smallest absolute Gasteiger partial charge is 0.262 e. The van der Waals surface area contributed by atoms with Gasteiger partial charge >= 0.3 is 0 Å². The number of benzene rings is 1. The van der Waals surface area contributed by atoms with E-state index >= 15 is 0 Å². The summed E-state index contributed by atoms with van der Waals surface area (Å²) in [7, 11) is 0. The first kappa shape index (κ1) is 15.7. The number of carbonyl (C=O) groups excluding carboxylic acids is 4. The summed E-state index contributed by atoms with van der Waals surface area (Å²) >= 11 is 0. The van der Waals surface area contributed by atoms with Gasteiger partial charge in [-0.15, -0.1) is 0 Å². The molecule has 1 atom stereocenters. The van der Waals surface area contributed by atoms with Crippen molar-refractivity contribution in [3.05, 3.63) is 29.1 Å². The molecule has 1 aromatic carbocycles. The normalized spacial score (nSPS) is 23.3. The van der Waals surface area contributed by atoms with Gasteiger partial charge in [0, 0.05) is 19.5 Å². The summed E-state index contributed by atoms with van der Waals surface area (Å²) in [5.74, 6) is -2.96. The van der Waals surface area contributed by atoms with Crippen LogP contribution in [0.1, 0.15) is 46.4 Å². The predicted molar refractivity (Wildman–Crippen MR) is 84.5 cm³/mol. The maximum atomic E-state index is 14.4. The van der Waals surface area contributed by atoms with Gasteiger partial charge in [0.05, 0.1) is 16.8 Å². The number of carbonyl (C=O) groups is 4. The van der Waals surface area contributed by atoms with E-state index in [9.17, 15) is 23.6 Å². The lowest BCUT2D eigenvalue weighted by Gasteiger charge is -2.27. The molecule has 1 aromatic rings. The molecule has 4 amide bonds. The van der Waals surface area contributed by atoms with Gasteiger partial charge in [0.15, 0.2) is 0 Å². The van der Waals surface area contributed by atoms with Crippen molar-refractivity contribution in [2.24, 2.45) is 0 Å². The first-order valence-corrected chi connectivity index (χ1v) is 8.27. The van der Waals surface area contributed by atoms with Gasteiger partial charge in [-0.3, -0.25) is 29.4 Å². The van der Waals surface area contributed by atoms with Crippen LogP contribution in [0, 0.1) is 5.82 Å². The highest BCUT2D eigenvalue weighted by Gasteiger charge is 2.45. The Hall–Kier alpha value is -2.77. The molecule has 0 aliphatic carbocycles. The molecule has 130 valence electrons. The predicted octanol–water partition coefficient (Wildman–Crippen LogP) is 0.827. The molecule has 0 radical (unpaired) electrons. The lowest BCUT2D eigenvalue weighted by Crippen LogP contribution is -2.54. The molecule has 0 aromatic heterocycles. The van der Waals surface area contributed by atoms with E-state index in [1.54, 1.807) is 0 Å². The number of amides is 4. The molecule has 4 rings (SSSR count). The largest absolute Gasteiger partial charge is 0.369 e.